The van der Waals surface area contributed by atoms with Gasteiger partial charge in [0.2, 0.25) is 0 Å². The first-order chi connectivity index (χ1) is 14.0. The van der Waals surface area contributed by atoms with Crippen molar-refractivity contribution in [2.75, 3.05) is 26.2 Å². The molecule has 0 N–H and O–H groups in total. The van der Waals surface area contributed by atoms with Crippen LogP contribution in [0, 0.1) is 20.8 Å². The largest absolute Gasteiger partial charge is 0.335 e. The summed E-state index contributed by atoms with van der Waals surface area (Å²) in [6.07, 6.45) is 1.84. The summed E-state index contributed by atoms with van der Waals surface area (Å²) >= 11 is 0. The van der Waals surface area contributed by atoms with Crippen LogP contribution in [0.3, 0.4) is 0 Å². The highest BCUT2D eigenvalue weighted by Gasteiger charge is 2.23. The third kappa shape index (κ3) is 4.56. The van der Waals surface area contributed by atoms with E-state index in [9.17, 15) is 4.79 Å². The smallest absolute Gasteiger partial charge is 0.274 e. The molecule has 3 heterocycles. The summed E-state index contributed by atoms with van der Waals surface area (Å²) in [5, 5.41) is 8.93. The standard InChI is InChI=1S/C22H28N6O/c1-17-5-4-6-20(13-17)15-25-9-11-26(12-10-25)22(29)21-7-8-27(24-21)16-28-19(3)14-18(2)23-28/h4-8,13-14H,9-12,15-16H2,1-3H3. The molecule has 29 heavy (non-hydrogen) atoms. The fourth-order valence-corrected chi connectivity index (χ4v) is 3.85. The van der Waals surface area contributed by atoms with E-state index in [0.717, 1.165) is 44.1 Å². The summed E-state index contributed by atoms with van der Waals surface area (Å²) in [6, 6.07) is 12.5. The Hall–Kier alpha value is -2.93. The maximum Gasteiger partial charge on any atom is 0.274 e. The summed E-state index contributed by atoms with van der Waals surface area (Å²) in [7, 11) is 0. The van der Waals surface area contributed by atoms with Crippen LogP contribution in [0.5, 0.6) is 0 Å². The first kappa shape index (κ1) is 19.4. The minimum Gasteiger partial charge on any atom is -0.335 e. The molecule has 0 aliphatic carbocycles. The molecule has 1 aliphatic rings. The van der Waals surface area contributed by atoms with Crippen LogP contribution >= 0.6 is 0 Å². The van der Waals surface area contributed by atoms with Crippen LogP contribution in [0.4, 0.5) is 0 Å². The summed E-state index contributed by atoms with van der Waals surface area (Å²) in [5.41, 5.74) is 5.17. The predicted molar refractivity (Wildman–Crippen MR) is 112 cm³/mol. The predicted octanol–water partition coefficient (Wildman–Crippen LogP) is 2.47. The third-order valence-corrected chi connectivity index (χ3v) is 5.39. The lowest BCUT2D eigenvalue weighted by Crippen LogP contribution is -2.48. The van der Waals surface area contributed by atoms with E-state index in [1.165, 1.54) is 11.1 Å². The van der Waals surface area contributed by atoms with Crippen molar-refractivity contribution >= 4 is 5.91 Å². The number of amides is 1. The quantitative estimate of drug-likeness (QED) is 0.669. The normalized spacial score (nSPS) is 15.1. The van der Waals surface area contributed by atoms with Gasteiger partial charge in [-0.3, -0.25) is 14.4 Å². The van der Waals surface area contributed by atoms with Crippen molar-refractivity contribution in [3.05, 3.63) is 70.8 Å². The van der Waals surface area contributed by atoms with Crippen molar-refractivity contribution in [1.82, 2.24) is 29.4 Å². The van der Waals surface area contributed by atoms with Crippen LogP contribution in [-0.2, 0) is 13.2 Å². The molecule has 7 heteroatoms. The Balaban J connectivity index is 1.33. The average Bonchev–Trinajstić information content (AvgIpc) is 3.28. The second-order valence-electron chi connectivity index (χ2n) is 7.87. The summed E-state index contributed by atoms with van der Waals surface area (Å²) < 4.78 is 3.65. The fourth-order valence-electron chi connectivity index (χ4n) is 3.85. The molecular weight excluding hydrogens is 364 g/mol. The molecular formula is C22H28N6O. The lowest BCUT2D eigenvalue weighted by atomic mass is 10.1. The van der Waals surface area contributed by atoms with Crippen molar-refractivity contribution in [2.24, 2.45) is 0 Å². The van der Waals surface area contributed by atoms with Crippen LogP contribution in [-0.4, -0.2) is 61.4 Å². The number of carbonyl (C=O) groups excluding carboxylic acids is 1. The molecule has 0 radical (unpaired) electrons. The topological polar surface area (TPSA) is 59.2 Å². The van der Waals surface area contributed by atoms with Gasteiger partial charge < -0.3 is 4.90 Å². The highest BCUT2D eigenvalue weighted by molar-refractivity contribution is 5.92. The number of rotatable bonds is 5. The van der Waals surface area contributed by atoms with E-state index in [0.29, 0.717) is 12.4 Å². The summed E-state index contributed by atoms with van der Waals surface area (Å²) in [6.45, 7) is 10.8. The zero-order valence-electron chi connectivity index (χ0n) is 17.4. The molecule has 2 aromatic heterocycles. The fraction of sp³-hybridized carbons (Fsp3) is 0.409. The molecule has 0 atom stereocenters. The molecule has 1 saturated heterocycles. The molecule has 7 nitrogen and oxygen atoms in total. The number of aryl methyl sites for hydroxylation is 3. The molecule has 3 aromatic rings. The van der Waals surface area contributed by atoms with Crippen molar-refractivity contribution in [3.8, 4) is 0 Å². The van der Waals surface area contributed by atoms with Gasteiger partial charge in [0.1, 0.15) is 12.4 Å². The Morgan fingerprint density at radius 3 is 2.48 bits per heavy atom. The molecule has 1 fully saturated rings. The highest BCUT2D eigenvalue weighted by atomic mass is 16.2. The number of aromatic nitrogens is 4. The lowest BCUT2D eigenvalue weighted by Gasteiger charge is -2.34. The molecule has 1 amide bonds. The Kier molecular flexibility index (Phi) is 5.49. The Morgan fingerprint density at radius 2 is 1.79 bits per heavy atom. The number of benzene rings is 1. The van der Waals surface area contributed by atoms with Gasteiger partial charge in [-0.25, -0.2) is 4.68 Å². The molecule has 1 aromatic carbocycles. The second kappa shape index (κ2) is 8.21. The van der Waals surface area contributed by atoms with Gasteiger partial charge >= 0.3 is 0 Å². The Morgan fingerprint density at radius 1 is 1.00 bits per heavy atom. The van der Waals surface area contributed by atoms with Gasteiger partial charge in [-0.2, -0.15) is 10.2 Å². The Labute approximate surface area is 171 Å². The summed E-state index contributed by atoms with van der Waals surface area (Å²) in [5.74, 6) is 0.00678. The lowest BCUT2D eigenvalue weighted by molar-refractivity contribution is 0.0621. The highest BCUT2D eigenvalue weighted by Crippen LogP contribution is 2.12. The number of carbonyl (C=O) groups is 1. The van der Waals surface area contributed by atoms with E-state index in [4.69, 9.17) is 0 Å². The van der Waals surface area contributed by atoms with Gasteiger partial charge in [-0.1, -0.05) is 29.8 Å². The van der Waals surface area contributed by atoms with Crippen LogP contribution < -0.4 is 0 Å². The minimum absolute atomic E-state index is 0.00678. The molecule has 0 spiro atoms. The van der Waals surface area contributed by atoms with E-state index in [1.54, 1.807) is 10.7 Å². The van der Waals surface area contributed by atoms with E-state index in [-0.39, 0.29) is 5.91 Å². The first-order valence-corrected chi connectivity index (χ1v) is 10.1. The zero-order valence-corrected chi connectivity index (χ0v) is 17.4. The van der Waals surface area contributed by atoms with Gasteiger partial charge in [0.15, 0.2) is 0 Å². The van der Waals surface area contributed by atoms with Gasteiger partial charge in [0.25, 0.3) is 5.91 Å². The molecule has 152 valence electrons. The van der Waals surface area contributed by atoms with Crippen LogP contribution in [0.25, 0.3) is 0 Å². The molecule has 1 aliphatic heterocycles. The maximum absolute atomic E-state index is 12.9. The van der Waals surface area contributed by atoms with E-state index in [2.05, 4.69) is 46.3 Å². The van der Waals surface area contributed by atoms with Crippen LogP contribution in [0.1, 0.15) is 33.0 Å². The minimum atomic E-state index is 0.00678. The maximum atomic E-state index is 12.9. The van der Waals surface area contributed by atoms with E-state index < -0.39 is 0 Å². The SMILES string of the molecule is Cc1cccc(CN2CCN(C(=O)c3ccn(Cn4nc(C)cc4C)n3)CC2)c1. The first-order valence-electron chi connectivity index (χ1n) is 10.1. The monoisotopic (exact) mass is 392 g/mol. The van der Waals surface area contributed by atoms with Crippen LogP contribution in [0.2, 0.25) is 0 Å². The zero-order chi connectivity index (χ0) is 20.4. The number of hydrogen-bond donors (Lipinski definition) is 0. The van der Waals surface area contributed by atoms with E-state index in [1.807, 2.05) is 35.7 Å². The van der Waals surface area contributed by atoms with Crippen molar-refractivity contribution < 1.29 is 4.79 Å². The molecule has 0 saturated carbocycles. The van der Waals surface area contributed by atoms with E-state index >= 15 is 0 Å². The number of piperazine rings is 1. The van der Waals surface area contributed by atoms with Gasteiger partial charge in [0, 0.05) is 44.6 Å². The third-order valence-electron chi connectivity index (χ3n) is 5.39. The van der Waals surface area contributed by atoms with Crippen molar-refractivity contribution in [1.29, 1.82) is 0 Å². The molecule has 0 unspecified atom stereocenters. The van der Waals surface area contributed by atoms with Crippen LogP contribution in [0.15, 0.2) is 42.6 Å². The van der Waals surface area contributed by atoms with Gasteiger partial charge in [0.05, 0.1) is 5.69 Å². The number of hydrogen-bond acceptors (Lipinski definition) is 4. The van der Waals surface area contributed by atoms with Gasteiger partial charge in [-0.15, -0.1) is 0 Å². The summed E-state index contributed by atoms with van der Waals surface area (Å²) in [4.78, 5) is 17.2. The molecule has 0 bridgehead atoms. The van der Waals surface area contributed by atoms with Gasteiger partial charge in [-0.05, 0) is 38.5 Å². The Bertz CT molecular complexity index is 996. The molecule has 4 rings (SSSR count). The average molecular weight is 393 g/mol. The number of nitrogens with zero attached hydrogens (tertiary/aromatic N) is 6. The van der Waals surface area contributed by atoms with Crippen molar-refractivity contribution in [2.45, 2.75) is 34.0 Å². The second-order valence-corrected chi connectivity index (χ2v) is 7.87. The van der Waals surface area contributed by atoms with Crippen molar-refractivity contribution in [3.63, 3.8) is 0 Å².